The van der Waals surface area contributed by atoms with Crippen LogP contribution in [0.15, 0.2) is 18.7 Å². The number of anilines is 1. The zero-order chi connectivity index (χ0) is 12.3. The van der Waals surface area contributed by atoms with Crippen LogP contribution in [0.25, 0.3) is 5.65 Å². The monoisotopic (exact) mass is 234 g/mol. The van der Waals surface area contributed by atoms with Gasteiger partial charge in [-0.05, 0) is 34.0 Å². The highest BCUT2D eigenvalue weighted by Crippen LogP contribution is 2.11. The first-order valence-corrected chi connectivity index (χ1v) is 5.72. The molecule has 17 heavy (non-hydrogen) atoms. The van der Waals surface area contributed by atoms with Crippen molar-refractivity contribution in [2.24, 2.45) is 0 Å². The Morgan fingerprint density at radius 2 is 2.29 bits per heavy atom. The molecule has 2 heterocycles. The van der Waals surface area contributed by atoms with Crippen LogP contribution >= 0.6 is 0 Å². The Bertz CT molecular complexity index is 478. The molecule has 0 fully saturated rings. The number of nitrogens with zero attached hydrogens (tertiary/aromatic N) is 5. The topological polar surface area (TPSA) is 58.4 Å². The molecule has 0 aliphatic heterocycles. The minimum absolute atomic E-state index is 0.354. The lowest BCUT2D eigenvalue weighted by Crippen LogP contribution is -2.23. The minimum Gasteiger partial charge on any atom is -0.364 e. The summed E-state index contributed by atoms with van der Waals surface area (Å²) >= 11 is 0. The van der Waals surface area contributed by atoms with E-state index in [1.807, 2.05) is 10.6 Å². The first-order valence-electron chi connectivity index (χ1n) is 5.72. The molecule has 1 atom stereocenters. The van der Waals surface area contributed by atoms with E-state index in [1.165, 1.54) is 0 Å². The van der Waals surface area contributed by atoms with Crippen molar-refractivity contribution in [2.45, 2.75) is 19.4 Å². The number of hydrogen-bond donors (Lipinski definition) is 1. The number of hydrogen-bond acceptors (Lipinski definition) is 5. The second-order valence-electron chi connectivity index (χ2n) is 4.48. The molecule has 0 aliphatic carbocycles. The normalized spacial score (nSPS) is 13.2. The van der Waals surface area contributed by atoms with Gasteiger partial charge in [0.05, 0.1) is 0 Å². The van der Waals surface area contributed by atoms with E-state index in [0.29, 0.717) is 6.04 Å². The van der Waals surface area contributed by atoms with Crippen LogP contribution in [0.3, 0.4) is 0 Å². The van der Waals surface area contributed by atoms with Gasteiger partial charge in [0.2, 0.25) is 5.65 Å². The largest absolute Gasteiger partial charge is 0.364 e. The quantitative estimate of drug-likeness (QED) is 0.832. The molecule has 0 spiro atoms. The predicted octanol–water partition coefficient (Wildman–Crippen LogP) is 0.876. The fourth-order valence-corrected chi connectivity index (χ4v) is 1.62. The molecular weight excluding hydrogens is 216 g/mol. The van der Waals surface area contributed by atoms with E-state index in [-0.39, 0.29) is 0 Å². The molecule has 0 saturated heterocycles. The maximum atomic E-state index is 4.30. The smallest absolute Gasteiger partial charge is 0.203 e. The summed E-state index contributed by atoms with van der Waals surface area (Å²) in [6.07, 6.45) is 6.32. The fourth-order valence-electron chi connectivity index (χ4n) is 1.62. The predicted molar refractivity (Wildman–Crippen MR) is 67.0 cm³/mol. The highest BCUT2D eigenvalue weighted by atomic mass is 15.2. The Labute approximate surface area is 101 Å². The van der Waals surface area contributed by atoms with E-state index in [9.17, 15) is 0 Å². The van der Waals surface area contributed by atoms with Crippen molar-refractivity contribution < 1.29 is 0 Å². The molecule has 0 saturated carbocycles. The maximum Gasteiger partial charge on any atom is 0.203 e. The Balaban J connectivity index is 2.05. The summed E-state index contributed by atoms with van der Waals surface area (Å²) in [4.78, 5) is 6.47. The highest BCUT2D eigenvalue weighted by Gasteiger charge is 2.08. The number of rotatable bonds is 5. The van der Waals surface area contributed by atoms with Crippen LogP contribution in [-0.2, 0) is 0 Å². The van der Waals surface area contributed by atoms with Gasteiger partial charge in [-0.3, -0.25) is 4.40 Å². The van der Waals surface area contributed by atoms with Gasteiger partial charge < -0.3 is 10.2 Å². The third-order valence-corrected chi connectivity index (χ3v) is 2.61. The van der Waals surface area contributed by atoms with E-state index >= 15 is 0 Å². The summed E-state index contributed by atoms with van der Waals surface area (Å²) in [5.41, 5.74) is 0.768. The van der Waals surface area contributed by atoms with Crippen LogP contribution in [0.4, 0.5) is 5.82 Å². The summed E-state index contributed by atoms with van der Waals surface area (Å²) in [5, 5.41) is 11.3. The van der Waals surface area contributed by atoms with Crippen molar-refractivity contribution in [3.8, 4) is 0 Å². The summed E-state index contributed by atoms with van der Waals surface area (Å²) in [6.45, 7) is 3.19. The molecular formula is C11H18N6. The standard InChI is InChI=1S/C11H18N6/c1-9(4-6-16(2)3)14-10-11-15-13-8-17(11)7-5-12-10/h5,7-9H,4,6H2,1-3H3,(H,12,14). The van der Waals surface area contributed by atoms with E-state index in [2.05, 4.69) is 46.4 Å². The van der Waals surface area contributed by atoms with Crippen LogP contribution in [-0.4, -0.2) is 51.2 Å². The lowest BCUT2D eigenvalue weighted by Gasteiger charge is -2.17. The third kappa shape index (κ3) is 2.91. The zero-order valence-electron chi connectivity index (χ0n) is 10.5. The van der Waals surface area contributed by atoms with Gasteiger partial charge in [-0.2, -0.15) is 0 Å². The minimum atomic E-state index is 0.354. The van der Waals surface area contributed by atoms with Crippen molar-refractivity contribution >= 4 is 11.5 Å². The van der Waals surface area contributed by atoms with Gasteiger partial charge >= 0.3 is 0 Å². The first-order chi connectivity index (χ1) is 8.16. The molecule has 0 aromatic carbocycles. The molecule has 2 rings (SSSR count). The van der Waals surface area contributed by atoms with Crippen LogP contribution in [0.1, 0.15) is 13.3 Å². The van der Waals surface area contributed by atoms with Gasteiger partial charge in [0.15, 0.2) is 5.82 Å². The lowest BCUT2D eigenvalue weighted by atomic mass is 10.2. The molecule has 2 aromatic heterocycles. The SMILES string of the molecule is CC(CCN(C)C)Nc1nccn2cnnc12. The van der Waals surface area contributed by atoms with Gasteiger partial charge in [-0.25, -0.2) is 4.98 Å². The molecule has 6 heteroatoms. The van der Waals surface area contributed by atoms with Gasteiger partial charge in [0.25, 0.3) is 0 Å². The van der Waals surface area contributed by atoms with Crippen LogP contribution in [0.5, 0.6) is 0 Å². The van der Waals surface area contributed by atoms with Crippen LogP contribution in [0, 0.1) is 0 Å². The summed E-state index contributed by atoms with van der Waals surface area (Å²) < 4.78 is 1.86. The van der Waals surface area contributed by atoms with Gasteiger partial charge in [-0.1, -0.05) is 0 Å². The van der Waals surface area contributed by atoms with Crippen LogP contribution in [0.2, 0.25) is 0 Å². The summed E-state index contributed by atoms with van der Waals surface area (Å²) in [5.74, 6) is 0.788. The molecule has 1 N–H and O–H groups in total. The molecule has 0 radical (unpaired) electrons. The average Bonchev–Trinajstić information content (AvgIpc) is 2.75. The van der Waals surface area contributed by atoms with Crippen molar-refractivity contribution in [1.82, 2.24) is 24.5 Å². The van der Waals surface area contributed by atoms with Gasteiger partial charge in [-0.15, -0.1) is 10.2 Å². The first kappa shape index (κ1) is 11.8. The Hall–Kier alpha value is -1.69. The van der Waals surface area contributed by atoms with Gasteiger partial charge in [0, 0.05) is 18.4 Å². The second kappa shape index (κ2) is 5.09. The zero-order valence-corrected chi connectivity index (χ0v) is 10.5. The average molecular weight is 234 g/mol. The molecule has 0 bridgehead atoms. The van der Waals surface area contributed by atoms with E-state index in [4.69, 9.17) is 0 Å². The third-order valence-electron chi connectivity index (χ3n) is 2.61. The van der Waals surface area contributed by atoms with Crippen molar-refractivity contribution in [3.05, 3.63) is 18.7 Å². The molecule has 92 valence electrons. The van der Waals surface area contributed by atoms with Crippen LogP contribution < -0.4 is 5.32 Å². The van der Waals surface area contributed by atoms with Gasteiger partial charge in [0.1, 0.15) is 6.33 Å². The highest BCUT2D eigenvalue weighted by molar-refractivity contribution is 5.61. The number of fused-ring (bicyclic) bond motifs is 1. The molecule has 0 amide bonds. The summed E-state index contributed by atoms with van der Waals surface area (Å²) in [6, 6.07) is 0.354. The van der Waals surface area contributed by atoms with Crippen molar-refractivity contribution in [1.29, 1.82) is 0 Å². The summed E-state index contributed by atoms with van der Waals surface area (Å²) in [7, 11) is 4.15. The molecule has 6 nitrogen and oxygen atoms in total. The molecule has 1 unspecified atom stereocenters. The Kier molecular flexibility index (Phi) is 3.53. The maximum absolute atomic E-state index is 4.30. The Morgan fingerprint density at radius 3 is 3.06 bits per heavy atom. The van der Waals surface area contributed by atoms with E-state index in [0.717, 1.165) is 24.4 Å². The van der Waals surface area contributed by atoms with Crippen molar-refractivity contribution in [2.75, 3.05) is 26.0 Å². The Morgan fingerprint density at radius 1 is 1.47 bits per heavy atom. The van der Waals surface area contributed by atoms with E-state index < -0.39 is 0 Å². The fraction of sp³-hybridized carbons (Fsp3) is 0.545. The molecule has 2 aromatic rings. The van der Waals surface area contributed by atoms with E-state index in [1.54, 1.807) is 12.5 Å². The van der Waals surface area contributed by atoms with Crippen molar-refractivity contribution in [3.63, 3.8) is 0 Å². The molecule has 0 aliphatic rings. The lowest BCUT2D eigenvalue weighted by molar-refractivity contribution is 0.390. The number of nitrogens with one attached hydrogen (secondary N) is 1. The second-order valence-corrected chi connectivity index (χ2v) is 4.48. The number of aromatic nitrogens is 4.